The first-order valence-electron chi connectivity index (χ1n) is 6.38. The van der Waals surface area contributed by atoms with Crippen LogP contribution >= 0.6 is 0 Å². The molecule has 0 spiro atoms. The molecule has 0 saturated carbocycles. The Kier molecular flexibility index (Phi) is 4.03. The summed E-state index contributed by atoms with van der Waals surface area (Å²) in [6.07, 6.45) is 3.80. The molecule has 1 heterocycles. The highest BCUT2D eigenvalue weighted by Gasteiger charge is 2.38. The zero-order chi connectivity index (χ0) is 13.3. The fraction of sp³-hybridized carbons (Fsp3) is 0.786. The van der Waals surface area contributed by atoms with Crippen molar-refractivity contribution in [2.24, 2.45) is 0 Å². The Balaban J connectivity index is 2.69. The van der Waals surface area contributed by atoms with Crippen molar-refractivity contribution < 1.29 is 4.79 Å². The highest BCUT2D eigenvalue weighted by molar-refractivity contribution is 5.92. The van der Waals surface area contributed by atoms with Gasteiger partial charge in [0, 0.05) is 22.7 Å². The monoisotopic (exact) mass is 238 g/mol. The van der Waals surface area contributed by atoms with Gasteiger partial charge in [-0.1, -0.05) is 6.08 Å². The molecule has 1 aliphatic heterocycles. The second-order valence-electron chi connectivity index (χ2n) is 6.44. The lowest BCUT2D eigenvalue weighted by Gasteiger charge is -2.46. The van der Waals surface area contributed by atoms with Crippen LogP contribution in [0.4, 0.5) is 0 Å². The topological polar surface area (TPSA) is 41.1 Å². The third-order valence-electron chi connectivity index (χ3n) is 3.32. The van der Waals surface area contributed by atoms with Crippen LogP contribution in [0.25, 0.3) is 0 Å². The number of nitrogens with one attached hydrogen (secondary N) is 2. The van der Waals surface area contributed by atoms with E-state index in [-0.39, 0.29) is 23.0 Å². The van der Waals surface area contributed by atoms with Crippen LogP contribution in [0.5, 0.6) is 0 Å². The summed E-state index contributed by atoms with van der Waals surface area (Å²) in [5.41, 5.74) is 0.937. The van der Waals surface area contributed by atoms with Crippen LogP contribution in [-0.2, 0) is 4.79 Å². The Labute approximate surface area is 105 Å². The molecule has 0 aliphatic carbocycles. The van der Waals surface area contributed by atoms with Gasteiger partial charge in [-0.25, -0.2) is 0 Å². The summed E-state index contributed by atoms with van der Waals surface area (Å²) in [7, 11) is 0. The van der Waals surface area contributed by atoms with Gasteiger partial charge in [-0.05, 0) is 54.4 Å². The Morgan fingerprint density at radius 3 is 2.12 bits per heavy atom. The van der Waals surface area contributed by atoms with E-state index in [2.05, 4.69) is 38.3 Å². The predicted octanol–water partition coefficient (Wildman–Crippen LogP) is 2.38. The van der Waals surface area contributed by atoms with Gasteiger partial charge in [0.15, 0.2) is 0 Å². The lowest BCUT2D eigenvalue weighted by Crippen LogP contribution is -2.62. The van der Waals surface area contributed by atoms with Crippen LogP contribution in [0.1, 0.15) is 54.4 Å². The van der Waals surface area contributed by atoms with E-state index in [9.17, 15) is 4.79 Å². The Hall–Kier alpha value is -0.830. The molecule has 0 aromatic heterocycles. The molecular weight excluding hydrogens is 212 g/mol. The van der Waals surface area contributed by atoms with Crippen LogP contribution in [-0.4, -0.2) is 23.0 Å². The van der Waals surface area contributed by atoms with Crippen molar-refractivity contribution in [1.82, 2.24) is 10.6 Å². The molecule has 0 aromatic rings. The van der Waals surface area contributed by atoms with Gasteiger partial charge in [0.1, 0.15) is 0 Å². The van der Waals surface area contributed by atoms with Crippen molar-refractivity contribution in [3.8, 4) is 0 Å². The second-order valence-corrected chi connectivity index (χ2v) is 6.44. The summed E-state index contributed by atoms with van der Waals surface area (Å²) in [5.74, 6) is 0.0611. The third-order valence-corrected chi connectivity index (χ3v) is 3.32. The molecule has 0 bridgehead atoms. The maximum absolute atomic E-state index is 11.9. The van der Waals surface area contributed by atoms with Crippen LogP contribution in [0.2, 0.25) is 0 Å². The molecule has 1 aliphatic rings. The fourth-order valence-corrected chi connectivity index (χ4v) is 2.85. The van der Waals surface area contributed by atoms with Crippen molar-refractivity contribution in [2.45, 2.75) is 71.5 Å². The largest absolute Gasteiger partial charge is 0.349 e. The number of carbonyl (C=O) groups is 1. The normalized spacial score (nSPS) is 24.5. The average molecular weight is 238 g/mol. The Morgan fingerprint density at radius 2 is 1.71 bits per heavy atom. The summed E-state index contributed by atoms with van der Waals surface area (Å²) >= 11 is 0. The molecule has 0 radical (unpaired) electrons. The van der Waals surface area contributed by atoms with Gasteiger partial charge in [-0.15, -0.1) is 0 Å². The summed E-state index contributed by atoms with van der Waals surface area (Å²) in [6.45, 7) is 12.5. The van der Waals surface area contributed by atoms with E-state index in [1.807, 2.05) is 19.9 Å². The van der Waals surface area contributed by atoms with Gasteiger partial charge in [-0.2, -0.15) is 0 Å². The molecule has 1 amide bonds. The minimum atomic E-state index is 0.0611. The van der Waals surface area contributed by atoms with E-state index in [1.165, 1.54) is 0 Å². The van der Waals surface area contributed by atoms with Crippen molar-refractivity contribution in [3.05, 3.63) is 11.6 Å². The molecule has 98 valence electrons. The highest BCUT2D eigenvalue weighted by atomic mass is 16.1. The van der Waals surface area contributed by atoms with Gasteiger partial charge in [0.05, 0.1) is 0 Å². The van der Waals surface area contributed by atoms with Crippen molar-refractivity contribution in [3.63, 3.8) is 0 Å². The minimum absolute atomic E-state index is 0.0611. The van der Waals surface area contributed by atoms with Crippen LogP contribution in [0.15, 0.2) is 11.6 Å². The van der Waals surface area contributed by atoms with Crippen molar-refractivity contribution in [1.29, 1.82) is 0 Å². The maximum atomic E-state index is 11.9. The lowest BCUT2D eigenvalue weighted by molar-refractivity contribution is -0.118. The van der Waals surface area contributed by atoms with Crippen molar-refractivity contribution >= 4 is 5.91 Å². The maximum Gasteiger partial charge on any atom is 0.246 e. The van der Waals surface area contributed by atoms with E-state index in [0.29, 0.717) is 0 Å². The molecule has 1 rings (SSSR count). The van der Waals surface area contributed by atoms with E-state index >= 15 is 0 Å². The molecule has 3 nitrogen and oxygen atoms in total. The summed E-state index contributed by atoms with van der Waals surface area (Å²) in [5, 5.41) is 6.75. The highest BCUT2D eigenvalue weighted by Crippen LogP contribution is 2.28. The van der Waals surface area contributed by atoms with Gasteiger partial charge in [0.2, 0.25) is 5.91 Å². The van der Waals surface area contributed by atoms with Gasteiger partial charge >= 0.3 is 0 Å². The van der Waals surface area contributed by atoms with E-state index < -0.39 is 0 Å². The minimum Gasteiger partial charge on any atom is -0.349 e. The molecule has 1 fully saturated rings. The summed E-state index contributed by atoms with van der Waals surface area (Å²) in [6, 6.07) is 0.253. The molecule has 2 N–H and O–H groups in total. The number of carbonyl (C=O) groups excluding carboxylic acids is 1. The summed E-state index contributed by atoms with van der Waals surface area (Å²) in [4.78, 5) is 11.9. The first-order chi connectivity index (χ1) is 7.65. The van der Waals surface area contributed by atoms with Gasteiger partial charge in [0.25, 0.3) is 0 Å². The number of hydrogen-bond donors (Lipinski definition) is 2. The number of piperidine rings is 1. The van der Waals surface area contributed by atoms with Crippen LogP contribution < -0.4 is 10.6 Å². The average Bonchev–Trinajstić information content (AvgIpc) is 2.11. The SMILES string of the molecule is CC=C(C)C(=O)NC1CC(C)(C)NC(C)(C)C1. The zero-order valence-electron chi connectivity index (χ0n) is 12.0. The first kappa shape index (κ1) is 14.2. The van der Waals surface area contributed by atoms with Crippen LogP contribution in [0, 0.1) is 0 Å². The number of hydrogen-bond acceptors (Lipinski definition) is 2. The quantitative estimate of drug-likeness (QED) is 0.725. The number of rotatable bonds is 2. The number of allylic oxidation sites excluding steroid dienone is 1. The van der Waals surface area contributed by atoms with E-state index in [0.717, 1.165) is 18.4 Å². The van der Waals surface area contributed by atoms with Gasteiger partial charge < -0.3 is 10.6 Å². The molecule has 0 atom stereocenters. The first-order valence-corrected chi connectivity index (χ1v) is 6.38. The third kappa shape index (κ3) is 4.15. The molecule has 3 heteroatoms. The second kappa shape index (κ2) is 4.81. The number of amides is 1. The smallest absolute Gasteiger partial charge is 0.246 e. The lowest BCUT2D eigenvalue weighted by atomic mass is 9.79. The summed E-state index contributed by atoms with van der Waals surface area (Å²) < 4.78 is 0. The van der Waals surface area contributed by atoms with E-state index in [4.69, 9.17) is 0 Å². The van der Waals surface area contributed by atoms with Crippen LogP contribution in [0.3, 0.4) is 0 Å². The molecule has 0 unspecified atom stereocenters. The Morgan fingerprint density at radius 1 is 1.24 bits per heavy atom. The van der Waals surface area contributed by atoms with Crippen molar-refractivity contribution in [2.75, 3.05) is 0 Å². The van der Waals surface area contributed by atoms with Gasteiger partial charge in [-0.3, -0.25) is 4.79 Å². The van der Waals surface area contributed by atoms with E-state index in [1.54, 1.807) is 0 Å². The molecule has 0 aromatic carbocycles. The predicted molar refractivity (Wildman–Crippen MR) is 71.9 cm³/mol. The zero-order valence-corrected chi connectivity index (χ0v) is 12.0. The molecule has 17 heavy (non-hydrogen) atoms. The molecular formula is C14H26N2O. The standard InChI is InChI=1S/C14H26N2O/c1-7-10(2)12(17)15-11-8-13(3,4)16-14(5,6)9-11/h7,11,16H,8-9H2,1-6H3,(H,15,17). The molecule has 1 saturated heterocycles. The Bertz CT molecular complexity index is 313. The fourth-order valence-electron chi connectivity index (χ4n) is 2.85.